The minimum absolute atomic E-state index is 0.000157. The van der Waals surface area contributed by atoms with E-state index >= 15 is 0 Å². The summed E-state index contributed by atoms with van der Waals surface area (Å²) in [5, 5.41) is 0.318. The summed E-state index contributed by atoms with van der Waals surface area (Å²) in [5.74, 6) is 0.669. The van der Waals surface area contributed by atoms with Crippen LogP contribution in [0.1, 0.15) is 47.6 Å². The van der Waals surface area contributed by atoms with Crippen LogP contribution < -0.4 is 4.74 Å². The van der Waals surface area contributed by atoms with Gasteiger partial charge < -0.3 is 9.47 Å². The van der Waals surface area contributed by atoms with E-state index in [-0.39, 0.29) is 12.0 Å². The predicted molar refractivity (Wildman–Crippen MR) is 126 cm³/mol. The van der Waals surface area contributed by atoms with Gasteiger partial charge in [-0.05, 0) is 56.5 Å². The molecule has 9 heteroatoms. The minimum Gasteiger partial charge on any atom is -0.481 e. The first-order valence-corrected chi connectivity index (χ1v) is 11.4. The summed E-state index contributed by atoms with van der Waals surface area (Å²) in [6, 6.07) is 8.34. The van der Waals surface area contributed by atoms with Crippen molar-refractivity contribution in [2.45, 2.75) is 38.7 Å². The van der Waals surface area contributed by atoms with E-state index in [2.05, 4.69) is 15.0 Å². The number of fused-ring (bicyclic) bond motifs is 1. The first-order chi connectivity index (χ1) is 16.4. The number of methoxy groups -OCH3 is 1. The molecule has 0 N–H and O–H groups in total. The van der Waals surface area contributed by atoms with E-state index in [9.17, 15) is 4.39 Å². The first kappa shape index (κ1) is 22.6. The Balaban J connectivity index is 1.60. The monoisotopic (exact) mass is 479 g/mol. The molecule has 3 aromatic heterocycles. The minimum atomic E-state index is -0.466. The summed E-state index contributed by atoms with van der Waals surface area (Å²) in [6.07, 6.45) is 2.96. The first-order valence-electron chi connectivity index (χ1n) is 11.0. The molecule has 0 radical (unpaired) electrons. The molecule has 1 aliphatic heterocycles. The molecule has 1 aromatic carbocycles. The van der Waals surface area contributed by atoms with Crippen molar-refractivity contribution < 1.29 is 13.9 Å². The Morgan fingerprint density at radius 3 is 2.68 bits per heavy atom. The summed E-state index contributed by atoms with van der Waals surface area (Å²) in [7, 11) is 1.59. The Morgan fingerprint density at radius 1 is 1.06 bits per heavy atom. The predicted octanol–water partition coefficient (Wildman–Crippen LogP) is 5.54. The highest BCUT2D eigenvalue weighted by Gasteiger charge is 2.29. The number of pyridine rings is 1. The number of aryl methyl sites for hydroxylation is 2. The molecule has 0 amide bonds. The molecule has 4 heterocycles. The van der Waals surface area contributed by atoms with Gasteiger partial charge in [0.05, 0.1) is 24.6 Å². The molecule has 0 saturated carbocycles. The van der Waals surface area contributed by atoms with Crippen molar-refractivity contribution in [3.05, 3.63) is 70.1 Å². The third-order valence-corrected chi connectivity index (χ3v) is 6.37. The second-order valence-corrected chi connectivity index (χ2v) is 8.77. The van der Waals surface area contributed by atoms with Gasteiger partial charge in [-0.3, -0.25) is 0 Å². The zero-order chi connectivity index (χ0) is 23.8. The highest BCUT2D eigenvalue weighted by atomic mass is 35.5. The van der Waals surface area contributed by atoms with E-state index in [0.717, 1.165) is 23.4 Å². The maximum Gasteiger partial charge on any atom is 0.213 e. The van der Waals surface area contributed by atoms with Crippen molar-refractivity contribution in [3.8, 4) is 17.1 Å². The van der Waals surface area contributed by atoms with E-state index < -0.39 is 5.82 Å². The fourth-order valence-corrected chi connectivity index (χ4v) is 4.34. The maximum absolute atomic E-state index is 14.9. The van der Waals surface area contributed by atoms with Crippen LogP contribution in [0.15, 0.2) is 36.5 Å². The highest BCUT2D eigenvalue weighted by molar-refractivity contribution is 6.30. The SMILES string of the molecule is COc1cc([C@@H]2C[C@H](c3nc(-c4ccc(Cl)cc4F)c4nc(C)c(C)nc4n3)CCO2)ccn1. The fourth-order valence-electron chi connectivity index (χ4n) is 4.18. The molecule has 7 nitrogen and oxygen atoms in total. The number of rotatable bonds is 4. The van der Waals surface area contributed by atoms with Crippen LogP contribution in [0.5, 0.6) is 5.88 Å². The smallest absolute Gasteiger partial charge is 0.213 e. The van der Waals surface area contributed by atoms with Gasteiger partial charge in [0.15, 0.2) is 5.65 Å². The Labute approximate surface area is 201 Å². The fraction of sp³-hybridized carbons (Fsp3) is 0.320. The van der Waals surface area contributed by atoms with Crippen LogP contribution in [0.4, 0.5) is 4.39 Å². The second kappa shape index (κ2) is 9.19. The number of hydrogen-bond acceptors (Lipinski definition) is 7. The van der Waals surface area contributed by atoms with E-state index in [1.54, 1.807) is 25.4 Å². The van der Waals surface area contributed by atoms with E-state index in [1.165, 1.54) is 6.07 Å². The molecule has 5 rings (SSSR count). The van der Waals surface area contributed by atoms with Crippen molar-refractivity contribution in [1.29, 1.82) is 0 Å². The van der Waals surface area contributed by atoms with Crippen LogP contribution in [0.3, 0.4) is 0 Å². The van der Waals surface area contributed by atoms with Crippen LogP contribution in [0.2, 0.25) is 5.02 Å². The van der Waals surface area contributed by atoms with Gasteiger partial charge in [0.1, 0.15) is 22.9 Å². The van der Waals surface area contributed by atoms with Gasteiger partial charge in [-0.15, -0.1) is 0 Å². The third kappa shape index (κ3) is 4.31. The average molecular weight is 480 g/mol. The van der Waals surface area contributed by atoms with Crippen LogP contribution in [0.25, 0.3) is 22.4 Å². The van der Waals surface area contributed by atoms with Crippen LogP contribution >= 0.6 is 11.6 Å². The molecule has 2 atom stereocenters. The van der Waals surface area contributed by atoms with Gasteiger partial charge in [0, 0.05) is 35.4 Å². The van der Waals surface area contributed by atoms with Crippen molar-refractivity contribution in [2.24, 2.45) is 0 Å². The van der Waals surface area contributed by atoms with E-state index in [4.69, 9.17) is 31.0 Å². The Hall–Kier alpha value is -3.23. The summed E-state index contributed by atoms with van der Waals surface area (Å²) in [4.78, 5) is 23.1. The molecule has 1 aliphatic rings. The molecule has 0 spiro atoms. The number of halogens is 2. The summed E-state index contributed by atoms with van der Waals surface area (Å²) in [6.45, 7) is 4.29. The van der Waals surface area contributed by atoms with Gasteiger partial charge in [-0.2, -0.15) is 0 Å². The number of aromatic nitrogens is 5. The van der Waals surface area contributed by atoms with Gasteiger partial charge in [0.2, 0.25) is 5.88 Å². The summed E-state index contributed by atoms with van der Waals surface area (Å²) >= 11 is 5.99. The Kier molecular flexibility index (Phi) is 6.10. The van der Waals surface area contributed by atoms with Crippen molar-refractivity contribution >= 4 is 22.8 Å². The standard InChI is InChI=1S/C25H23ClFN5O2/c1-13-14(2)30-25-23(29-13)22(18-5-4-17(26)12-19(18)27)31-24(32-25)16-7-9-34-20(10-16)15-6-8-28-21(11-15)33-3/h4-6,8,11-12,16,20H,7,9-10H2,1-3H3/t16-,20+/m1/s1. The average Bonchev–Trinajstić information content (AvgIpc) is 2.84. The van der Waals surface area contributed by atoms with E-state index in [0.29, 0.717) is 52.2 Å². The molecule has 4 aromatic rings. The van der Waals surface area contributed by atoms with Crippen LogP contribution in [0, 0.1) is 19.7 Å². The molecule has 1 saturated heterocycles. The molecular weight excluding hydrogens is 457 g/mol. The lowest BCUT2D eigenvalue weighted by molar-refractivity contribution is 0.00385. The van der Waals surface area contributed by atoms with Gasteiger partial charge >= 0.3 is 0 Å². The summed E-state index contributed by atoms with van der Waals surface area (Å²) in [5.41, 5.74) is 4.15. The van der Waals surface area contributed by atoms with E-state index in [1.807, 2.05) is 26.0 Å². The summed E-state index contributed by atoms with van der Waals surface area (Å²) < 4.78 is 26.2. The number of nitrogens with zero attached hydrogens (tertiary/aromatic N) is 5. The zero-order valence-electron chi connectivity index (χ0n) is 19.0. The van der Waals surface area contributed by atoms with Crippen molar-refractivity contribution in [2.75, 3.05) is 13.7 Å². The van der Waals surface area contributed by atoms with Crippen molar-refractivity contribution in [1.82, 2.24) is 24.9 Å². The quantitative estimate of drug-likeness (QED) is 0.380. The molecule has 1 fully saturated rings. The number of hydrogen-bond donors (Lipinski definition) is 0. The largest absolute Gasteiger partial charge is 0.481 e. The van der Waals surface area contributed by atoms with Crippen LogP contribution in [-0.2, 0) is 4.74 Å². The zero-order valence-corrected chi connectivity index (χ0v) is 19.8. The second-order valence-electron chi connectivity index (χ2n) is 8.33. The highest BCUT2D eigenvalue weighted by Crippen LogP contribution is 2.38. The molecule has 174 valence electrons. The molecule has 34 heavy (non-hydrogen) atoms. The third-order valence-electron chi connectivity index (χ3n) is 6.13. The number of ether oxygens (including phenoxy) is 2. The lowest BCUT2D eigenvalue weighted by atomic mass is 9.91. The molecule has 0 bridgehead atoms. The molecular formula is C25H23ClFN5O2. The maximum atomic E-state index is 14.9. The lowest BCUT2D eigenvalue weighted by Gasteiger charge is -2.29. The molecule has 0 aliphatic carbocycles. The molecule has 0 unspecified atom stereocenters. The Bertz CT molecular complexity index is 1380. The Morgan fingerprint density at radius 2 is 1.88 bits per heavy atom. The van der Waals surface area contributed by atoms with Gasteiger partial charge in [-0.25, -0.2) is 29.3 Å². The van der Waals surface area contributed by atoms with Crippen molar-refractivity contribution in [3.63, 3.8) is 0 Å². The van der Waals surface area contributed by atoms with Gasteiger partial charge in [-0.1, -0.05) is 11.6 Å². The normalized spacial score (nSPS) is 18.3. The number of benzene rings is 1. The van der Waals surface area contributed by atoms with Gasteiger partial charge in [0.25, 0.3) is 0 Å². The van der Waals surface area contributed by atoms with Crippen LogP contribution in [-0.4, -0.2) is 38.6 Å². The topological polar surface area (TPSA) is 82.9 Å². The lowest BCUT2D eigenvalue weighted by Crippen LogP contribution is -2.21.